The summed E-state index contributed by atoms with van der Waals surface area (Å²) in [5.74, 6) is 0. The molecule has 0 radical (unpaired) electrons. The van der Waals surface area contributed by atoms with Gasteiger partial charge in [-0.15, -0.1) is 0 Å². The minimum absolute atomic E-state index is 0.250. The predicted molar refractivity (Wildman–Crippen MR) is 126 cm³/mol. The van der Waals surface area contributed by atoms with Gasteiger partial charge in [-0.05, 0) is 12.8 Å². The topological polar surface area (TPSA) is 37.3 Å². The molecule has 0 heterocycles. The summed E-state index contributed by atoms with van der Waals surface area (Å²) in [5, 5.41) is 6.89. The molecule has 0 saturated carbocycles. The minimum Gasteiger partial charge on any atom is -0.483 e. The highest BCUT2D eigenvalue weighted by molar-refractivity contribution is 5.32. The summed E-state index contributed by atoms with van der Waals surface area (Å²) in [5.41, 5.74) is 1.46. The number of quaternary nitrogens is 1. The van der Waals surface area contributed by atoms with Crippen LogP contribution in [0.3, 0.4) is 0 Å². The summed E-state index contributed by atoms with van der Waals surface area (Å²) >= 11 is 0. The van der Waals surface area contributed by atoms with Gasteiger partial charge in [-0.25, -0.2) is 0 Å². The number of nitrogens with zero attached hydrogens (tertiary/aromatic N) is 1. The molecule has 0 aliphatic heterocycles. The fourth-order valence-corrected chi connectivity index (χ4v) is 3.89. The maximum Gasteiger partial charge on any atom is 0.290 e. The Morgan fingerprint density at radius 2 is 1.10 bits per heavy atom. The molecule has 0 aliphatic carbocycles. The highest BCUT2D eigenvalue weighted by Crippen LogP contribution is 2.14. The van der Waals surface area contributed by atoms with Gasteiger partial charge in [-0.1, -0.05) is 114 Å². The molecule has 0 saturated heterocycles. The molecule has 1 rings (SSSR count). The van der Waals surface area contributed by atoms with E-state index < -0.39 is 0 Å². The highest BCUT2D eigenvalue weighted by atomic mass is 16.3. The van der Waals surface area contributed by atoms with Crippen molar-refractivity contribution in [3.63, 3.8) is 0 Å². The van der Waals surface area contributed by atoms with Crippen molar-refractivity contribution in [1.82, 2.24) is 0 Å². The first-order valence-corrected chi connectivity index (χ1v) is 12.0. The molecule has 1 aromatic carbocycles. The lowest BCUT2D eigenvalue weighted by Gasteiger charge is -2.30. The molecule has 0 fully saturated rings. The lowest BCUT2D eigenvalue weighted by atomic mass is 10.0. The monoisotopic (exact) mass is 406 g/mol. The Balaban J connectivity index is 0.00000245. The van der Waals surface area contributed by atoms with E-state index in [4.69, 9.17) is 9.90 Å². The standard InChI is InChI=1S/C25H46N.CH2O2/c1-4-5-6-7-8-9-10-11-12-13-14-15-16-20-23-26(2,3)24-25-21-18-17-19-22-25;2-1-3/h17-19,21-22H,4-16,20,23-24H2,1-3H3;1H,(H,2,3)/q+1;. The smallest absolute Gasteiger partial charge is 0.290 e. The Hall–Kier alpha value is -1.35. The van der Waals surface area contributed by atoms with Gasteiger partial charge in [0, 0.05) is 5.56 Å². The Morgan fingerprint density at radius 1 is 0.724 bits per heavy atom. The third-order valence-corrected chi connectivity index (χ3v) is 5.57. The maximum absolute atomic E-state index is 8.36. The average molecular weight is 407 g/mol. The number of rotatable bonds is 17. The minimum atomic E-state index is -0.250. The summed E-state index contributed by atoms with van der Waals surface area (Å²) in [4.78, 5) is 8.36. The molecule has 29 heavy (non-hydrogen) atoms. The third kappa shape index (κ3) is 19.7. The van der Waals surface area contributed by atoms with Crippen molar-refractivity contribution < 1.29 is 14.4 Å². The molecule has 1 N–H and O–H groups in total. The summed E-state index contributed by atoms with van der Waals surface area (Å²) in [6.45, 7) is 4.50. The average Bonchev–Trinajstić information content (AvgIpc) is 2.69. The maximum atomic E-state index is 8.36. The van der Waals surface area contributed by atoms with Crippen molar-refractivity contribution >= 4 is 6.47 Å². The Bertz CT molecular complexity index is 459. The van der Waals surface area contributed by atoms with Crippen LogP contribution in [0.25, 0.3) is 0 Å². The number of hydrogen-bond donors (Lipinski definition) is 1. The van der Waals surface area contributed by atoms with Crippen molar-refractivity contribution in [1.29, 1.82) is 0 Å². The van der Waals surface area contributed by atoms with Gasteiger partial charge in [0.25, 0.3) is 6.47 Å². The van der Waals surface area contributed by atoms with E-state index in [0.29, 0.717) is 0 Å². The second kappa shape index (κ2) is 19.9. The molecule has 0 aliphatic rings. The third-order valence-electron chi connectivity index (χ3n) is 5.57. The van der Waals surface area contributed by atoms with Crippen LogP contribution in [0.15, 0.2) is 30.3 Å². The van der Waals surface area contributed by atoms with Crippen LogP contribution in [0.4, 0.5) is 0 Å². The first-order chi connectivity index (χ1) is 14.1. The van der Waals surface area contributed by atoms with Crippen LogP contribution >= 0.6 is 0 Å². The van der Waals surface area contributed by atoms with Gasteiger partial charge in [0.15, 0.2) is 0 Å². The van der Waals surface area contributed by atoms with Crippen molar-refractivity contribution in [2.24, 2.45) is 0 Å². The summed E-state index contributed by atoms with van der Waals surface area (Å²) < 4.78 is 1.11. The molecule has 0 amide bonds. The van der Waals surface area contributed by atoms with E-state index in [1.54, 1.807) is 0 Å². The largest absolute Gasteiger partial charge is 0.483 e. The number of unbranched alkanes of at least 4 members (excludes halogenated alkanes) is 13. The van der Waals surface area contributed by atoms with Gasteiger partial charge in [-0.2, -0.15) is 0 Å². The first-order valence-electron chi connectivity index (χ1n) is 12.0. The van der Waals surface area contributed by atoms with Gasteiger partial charge in [0.05, 0.1) is 20.6 Å². The lowest BCUT2D eigenvalue weighted by Crippen LogP contribution is -2.39. The molecule has 0 unspecified atom stereocenters. The van der Waals surface area contributed by atoms with Gasteiger partial charge in [0.1, 0.15) is 6.54 Å². The fourth-order valence-electron chi connectivity index (χ4n) is 3.89. The molecule has 0 spiro atoms. The summed E-state index contributed by atoms with van der Waals surface area (Å²) in [6, 6.07) is 10.9. The molecule has 1 aromatic rings. The predicted octanol–water partition coefficient (Wildman–Crippen LogP) is 7.45. The lowest BCUT2D eigenvalue weighted by molar-refractivity contribution is -0.903. The number of carbonyl (C=O) groups is 1. The number of benzene rings is 1. The Morgan fingerprint density at radius 3 is 1.52 bits per heavy atom. The van der Waals surface area contributed by atoms with Crippen molar-refractivity contribution in [2.45, 2.75) is 103 Å². The molecular weight excluding hydrogens is 358 g/mol. The van der Waals surface area contributed by atoms with Gasteiger partial charge in [0.2, 0.25) is 0 Å². The molecule has 0 atom stereocenters. The van der Waals surface area contributed by atoms with Crippen LogP contribution in [-0.2, 0) is 11.3 Å². The Kier molecular flexibility index (Phi) is 19.0. The van der Waals surface area contributed by atoms with Gasteiger partial charge >= 0.3 is 0 Å². The van der Waals surface area contributed by atoms with Crippen molar-refractivity contribution in [3.05, 3.63) is 35.9 Å². The summed E-state index contributed by atoms with van der Waals surface area (Å²) in [7, 11) is 4.74. The first kappa shape index (κ1) is 27.6. The molecule has 0 bridgehead atoms. The quantitative estimate of drug-likeness (QED) is 0.166. The normalized spacial score (nSPS) is 11.0. The van der Waals surface area contributed by atoms with E-state index in [2.05, 4.69) is 51.4 Å². The van der Waals surface area contributed by atoms with Crippen LogP contribution < -0.4 is 0 Å². The zero-order valence-electron chi connectivity index (χ0n) is 19.6. The molecule has 3 heteroatoms. The van der Waals surface area contributed by atoms with Crippen molar-refractivity contribution in [2.75, 3.05) is 20.6 Å². The SMILES string of the molecule is CCCCCCCCCCCCCCCC[N+](C)(C)Cc1ccccc1.O=CO. The molecule has 3 nitrogen and oxygen atoms in total. The van der Waals surface area contributed by atoms with Crippen molar-refractivity contribution in [3.8, 4) is 0 Å². The van der Waals surface area contributed by atoms with E-state index in [9.17, 15) is 0 Å². The van der Waals surface area contributed by atoms with Crippen LogP contribution in [0.1, 0.15) is 102 Å². The van der Waals surface area contributed by atoms with E-state index >= 15 is 0 Å². The van der Waals surface area contributed by atoms with Gasteiger partial charge < -0.3 is 9.59 Å². The second-order valence-corrected chi connectivity index (χ2v) is 9.00. The molecule has 0 aromatic heterocycles. The van der Waals surface area contributed by atoms with E-state index in [-0.39, 0.29) is 6.47 Å². The molecular formula is C26H48NO2+. The summed E-state index contributed by atoms with van der Waals surface area (Å²) in [6.07, 6.45) is 20.2. The zero-order chi connectivity index (χ0) is 21.6. The van der Waals surface area contributed by atoms with Crippen LogP contribution in [-0.4, -0.2) is 36.7 Å². The number of hydrogen-bond acceptors (Lipinski definition) is 1. The number of carboxylic acid groups (broad SMARTS) is 1. The highest BCUT2D eigenvalue weighted by Gasteiger charge is 2.14. The fraction of sp³-hybridized carbons (Fsp3) is 0.731. The van der Waals surface area contributed by atoms with Crippen LogP contribution in [0.5, 0.6) is 0 Å². The zero-order valence-corrected chi connectivity index (χ0v) is 19.6. The van der Waals surface area contributed by atoms with Crippen LogP contribution in [0, 0.1) is 0 Å². The molecule has 168 valence electrons. The van der Waals surface area contributed by atoms with E-state index in [1.807, 2.05) is 0 Å². The van der Waals surface area contributed by atoms with Crippen LogP contribution in [0.2, 0.25) is 0 Å². The van der Waals surface area contributed by atoms with E-state index in [1.165, 1.54) is 102 Å². The second-order valence-electron chi connectivity index (χ2n) is 9.00. The Labute approximate surface area is 181 Å². The van der Waals surface area contributed by atoms with Gasteiger partial charge in [-0.3, -0.25) is 4.79 Å². The van der Waals surface area contributed by atoms with E-state index in [0.717, 1.165) is 11.0 Å².